The molecule has 0 unspecified atom stereocenters. The molecule has 0 spiro atoms. The van der Waals surface area contributed by atoms with Crippen molar-refractivity contribution in [2.45, 2.75) is 45.8 Å². The molecule has 0 radical (unpaired) electrons. The number of amides is 1. The van der Waals surface area contributed by atoms with Gasteiger partial charge in [0.25, 0.3) is 5.88 Å². The number of nitrogens with one attached hydrogen (secondary N) is 1. The van der Waals surface area contributed by atoms with Gasteiger partial charge in [0.15, 0.2) is 21.6 Å². The third-order valence-corrected chi connectivity index (χ3v) is 5.57. The van der Waals surface area contributed by atoms with E-state index in [9.17, 15) is 13.2 Å². The van der Waals surface area contributed by atoms with Crippen molar-refractivity contribution in [3.63, 3.8) is 0 Å². The SMILES string of the molecule is COc1c(Nc2ccc(OCS(C)(=O)=O)nc2C)ncnc1OC1CCN(C(=O)OC(C)C)CC1. The van der Waals surface area contributed by atoms with E-state index in [4.69, 9.17) is 18.9 Å². The largest absolute Gasteiger partial charge is 0.489 e. The molecule has 1 saturated heterocycles. The van der Waals surface area contributed by atoms with Crippen LogP contribution in [0.4, 0.5) is 16.3 Å². The maximum atomic E-state index is 12.1. The predicted octanol–water partition coefficient (Wildman–Crippen LogP) is 2.70. The lowest BCUT2D eigenvalue weighted by atomic mass is 10.1. The average molecular weight is 510 g/mol. The number of nitrogens with zero attached hydrogens (tertiary/aromatic N) is 4. The maximum Gasteiger partial charge on any atom is 0.410 e. The minimum absolute atomic E-state index is 0.149. The number of carbonyl (C=O) groups is 1. The zero-order chi connectivity index (χ0) is 25.6. The lowest BCUT2D eigenvalue weighted by Gasteiger charge is -2.31. The number of ether oxygens (including phenoxy) is 4. The zero-order valence-corrected chi connectivity index (χ0v) is 21.3. The monoisotopic (exact) mass is 509 g/mol. The van der Waals surface area contributed by atoms with Crippen molar-refractivity contribution in [1.29, 1.82) is 0 Å². The Hall–Kier alpha value is -3.35. The Morgan fingerprint density at radius 1 is 1.23 bits per heavy atom. The molecule has 192 valence electrons. The van der Waals surface area contributed by atoms with E-state index in [2.05, 4.69) is 20.3 Å². The number of likely N-dealkylation sites (tertiary alicyclic amines) is 1. The van der Waals surface area contributed by atoms with E-state index in [-0.39, 0.29) is 30.1 Å². The highest BCUT2D eigenvalue weighted by Gasteiger charge is 2.27. The number of sulfone groups is 1. The van der Waals surface area contributed by atoms with Gasteiger partial charge < -0.3 is 29.2 Å². The number of methoxy groups -OCH3 is 1. The van der Waals surface area contributed by atoms with Gasteiger partial charge in [-0.2, -0.15) is 4.98 Å². The fourth-order valence-electron chi connectivity index (χ4n) is 3.35. The predicted molar refractivity (Wildman–Crippen MR) is 128 cm³/mol. The molecule has 2 aromatic rings. The third kappa shape index (κ3) is 7.57. The Morgan fingerprint density at radius 2 is 1.94 bits per heavy atom. The minimum Gasteiger partial charge on any atom is -0.489 e. The van der Waals surface area contributed by atoms with Crippen molar-refractivity contribution < 1.29 is 32.2 Å². The molecule has 1 fully saturated rings. The molecular weight excluding hydrogens is 478 g/mol. The summed E-state index contributed by atoms with van der Waals surface area (Å²) in [5, 5.41) is 3.15. The van der Waals surface area contributed by atoms with E-state index in [1.807, 2.05) is 13.8 Å². The molecule has 0 saturated carbocycles. The number of hydrogen-bond donors (Lipinski definition) is 1. The van der Waals surface area contributed by atoms with Crippen molar-refractivity contribution in [3.8, 4) is 17.5 Å². The topological polar surface area (TPSA) is 142 Å². The zero-order valence-electron chi connectivity index (χ0n) is 20.5. The number of carbonyl (C=O) groups excluding carboxylic acids is 1. The number of rotatable bonds is 9. The Morgan fingerprint density at radius 3 is 2.54 bits per heavy atom. The molecule has 0 atom stereocenters. The molecule has 1 aliphatic rings. The van der Waals surface area contributed by atoms with E-state index in [0.717, 1.165) is 6.26 Å². The van der Waals surface area contributed by atoms with Crippen molar-refractivity contribution in [1.82, 2.24) is 19.9 Å². The summed E-state index contributed by atoms with van der Waals surface area (Å²) in [6.45, 7) is 6.43. The van der Waals surface area contributed by atoms with Crippen molar-refractivity contribution in [3.05, 3.63) is 24.2 Å². The summed E-state index contributed by atoms with van der Waals surface area (Å²) in [6, 6.07) is 3.26. The van der Waals surface area contributed by atoms with Crippen molar-refractivity contribution >= 4 is 27.4 Å². The van der Waals surface area contributed by atoms with E-state index in [1.54, 1.807) is 24.0 Å². The lowest BCUT2D eigenvalue weighted by Crippen LogP contribution is -2.42. The first-order chi connectivity index (χ1) is 16.6. The maximum absolute atomic E-state index is 12.1. The standard InChI is InChI=1S/C22H31N5O7S/c1-14(2)33-22(28)27-10-8-16(9-11-27)34-21-19(31-4)20(23-12-24-21)26-17-6-7-18(25-15(17)3)32-13-35(5,29)30/h6-7,12,14,16H,8-11,13H2,1-5H3,(H,23,24,26). The molecule has 3 heterocycles. The van der Waals surface area contributed by atoms with Gasteiger partial charge in [-0.3, -0.25) is 0 Å². The highest BCUT2D eigenvalue weighted by atomic mass is 32.2. The summed E-state index contributed by atoms with van der Waals surface area (Å²) < 4.78 is 44.7. The number of anilines is 2. The fraction of sp³-hybridized carbons (Fsp3) is 0.545. The molecule has 2 aromatic heterocycles. The Balaban J connectivity index is 1.66. The molecular formula is C22H31N5O7S. The van der Waals surface area contributed by atoms with Crippen LogP contribution < -0.4 is 19.5 Å². The van der Waals surface area contributed by atoms with E-state index < -0.39 is 15.8 Å². The number of hydrogen-bond acceptors (Lipinski definition) is 11. The molecule has 0 aliphatic carbocycles. The van der Waals surface area contributed by atoms with Crippen LogP contribution in [0.2, 0.25) is 0 Å². The average Bonchev–Trinajstić information content (AvgIpc) is 2.79. The van der Waals surface area contributed by atoms with Crippen LogP contribution in [0.15, 0.2) is 18.5 Å². The van der Waals surface area contributed by atoms with Crippen LogP contribution in [0.5, 0.6) is 17.5 Å². The van der Waals surface area contributed by atoms with Crippen LogP contribution >= 0.6 is 0 Å². The normalized spacial score (nSPS) is 14.5. The Labute approximate surface area is 204 Å². The molecule has 3 rings (SSSR count). The van der Waals surface area contributed by atoms with Gasteiger partial charge in [-0.25, -0.2) is 23.2 Å². The molecule has 0 bridgehead atoms. The first-order valence-corrected chi connectivity index (χ1v) is 13.2. The van der Waals surface area contributed by atoms with Gasteiger partial charge in [0.05, 0.1) is 24.6 Å². The molecule has 1 N–H and O–H groups in total. The Kier molecular flexibility index (Phi) is 8.54. The third-order valence-electron chi connectivity index (χ3n) is 5.02. The summed E-state index contributed by atoms with van der Waals surface area (Å²) in [7, 11) is -1.79. The molecule has 35 heavy (non-hydrogen) atoms. The van der Waals surface area contributed by atoms with Gasteiger partial charge in [-0.1, -0.05) is 0 Å². The van der Waals surface area contributed by atoms with Gasteiger partial charge in [-0.05, 0) is 26.8 Å². The van der Waals surface area contributed by atoms with Gasteiger partial charge in [0, 0.05) is 38.3 Å². The highest BCUT2D eigenvalue weighted by Crippen LogP contribution is 2.35. The van der Waals surface area contributed by atoms with Gasteiger partial charge in [0.1, 0.15) is 12.4 Å². The number of aromatic nitrogens is 3. The summed E-state index contributed by atoms with van der Waals surface area (Å²) in [5.74, 6) is 0.730. The molecule has 1 aliphatic heterocycles. The summed E-state index contributed by atoms with van der Waals surface area (Å²) >= 11 is 0. The Bertz CT molecular complexity index is 1140. The van der Waals surface area contributed by atoms with Crippen LogP contribution in [0.1, 0.15) is 32.4 Å². The molecule has 12 nitrogen and oxygen atoms in total. The first-order valence-electron chi connectivity index (χ1n) is 11.1. The molecule has 13 heteroatoms. The quantitative estimate of drug-likeness (QED) is 0.533. The van der Waals surface area contributed by atoms with Crippen LogP contribution in [0.3, 0.4) is 0 Å². The van der Waals surface area contributed by atoms with Crippen LogP contribution in [-0.4, -0.2) is 79.0 Å². The number of aryl methyl sites for hydroxylation is 1. The second-order valence-electron chi connectivity index (χ2n) is 8.39. The number of pyridine rings is 1. The summed E-state index contributed by atoms with van der Waals surface area (Å²) in [4.78, 5) is 26.5. The lowest BCUT2D eigenvalue weighted by molar-refractivity contribution is 0.0500. The van der Waals surface area contributed by atoms with E-state index >= 15 is 0 Å². The molecule has 1 amide bonds. The summed E-state index contributed by atoms with van der Waals surface area (Å²) in [6.07, 6.45) is 3.07. The van der Waals surface area contributed by atoms with Crippen LogP contribution in [0.25, 0.3) is 0 Å². The first kappa shape index (κ1) is 26.3. The van der Waals surface area contributed by atoms with Gasteiger partial charge in [-0.15, -0.1) is 0 Å². The number of piperidine rings is 1. The summed E-state index contributed by atoms with van der Waals surface area (Å²) in [5.41, 5.74) is 1.19. The van der Waals surface area contributed by atoms with Crippen LogP contribution in [0, 0.1) is 6.92 Å². The minimum atomic E-state index is -3.28. The smallest absolute Gasteiger partial charge is 0.410 e. The second kappa shape index (κ2) is 11.4. The second-order valence-corrected chi connectivity index (χ2v) is 10.5. The molecule has 0 aromatic carbocycles. The van der Waals surface area contributed by atoms with Gasteiger partial charge in [0.2, 0.25) is 11.6 Å². The fourth-order valence-corrected chi connectivity index (χ4v) is 3.69. The highest BCUT2D eigenvalue weighted by molar-refractivity contribution is 7.90. The van der Waals surface area contributed by atoms with Crippen molar-refractivity contribution in [2.24, 2.45) is 0 Å². The van der Waals surface area contributed by atoms with Crippen molar-refractivity contribution in [2.75, 3.05) is 37.7 Å². The van der Waals surface area contributed by atoms with Crippen LogP contribution in [-0.2, 0) is 14.6 Å². The van der Waals surface area contributed by atoms with Gasteiger partial charge >= 0.3 is 6.09 Å². The van der Waals surface area contributed by atoms with E-state index in [0.29, 0.717) is 48.9 Å². The van der Waals surface area contributed by atoms with E-state index in [1.165, 1.54) is 13.4 Å².